The van der Waals surface area contributed by atoms with E-state index in [1.807, 2.05) is 37.3 Å². The summed E-state index contributed by atoms with van der Waals surface area (Å²) in [5, 5.41) is 12.8. The average molecular weight is 257 g/mol. The number of benzene rings is 2. The van der Waals surface area contributed by atoms with Gasteiger partial charge >= 0.3 is 0 Å². The molecule has 0 bridgehead atoms. The normalized spacial score (nSPS) is 9.83. The Morgan fingerprint density at radius 3 is 2.50 bits per heavy atom. The summed E-state index contributed by atoms with van der Waals surface area (Å²) in [4.78, 5) is 0. The van der Waals surface area contributed by atoms with E-state index in [4.69, 9.17) is 16.9 Å². The van der Waals surface area contributed by atoms with Crippen LogP contribution >= 0.6 is 11.6 Å². The Labute approximate surface area is 112 Å². The number of nitriles is 1. The van der Waals surface area contributed by atoms with Crippen molar-refractivity contribution in [2.45, 2.75) is 13.5 Å². The first-order valence-electron chi connectivity index (χ1n) is 5.68. The zero-order valence-electron chi connectivity index (χ0n) is 10.1. The molecule has 0 aromatic heterocycles. The Kier molecular flexibility index (Phi) is 3.86. The standard InChI is InChI=1S/C15H13ClN2/c1-11-2-5-13(15(16)8-11)10-18-14-6-3-12(9-17)4-7-14/h2-8,18H,10H2,1H3. The summed E-state index contributed by atoms with van der Waals surface area (Å²) in [6.45, 7) is 2.69. The van der Waals surface area contributed by atoms with Gasteiger partial charge in [0.05, 0.1) is 11.6 Å². The third-order valence-electron chi connectivity index (χ3n) is 2.71. The molecular formula is C15H13ClN2. The predicted molar refractivity (Wildman–Crippen MR) is 74.7 cm³/mol. The second kappa shape index (κ2) is 5.57. The molecule has 0 aliphatic heterocycles. The topological polar surface area (TPSA) is 35.8 Å². The van der Waals surface area contributed by atoms with Crippen molar-refractivity contribution in [2.24, 2.45) is 0 Å². The highest BCUT2D eigenvalue weighted by Gasteiger charge is 2.00. The molecule has 0 amide bonds. The van der Waals surface area contributed by atoms with Gasteiger partial charge in [-0.25, -0.2) is 0 Å². The molecule has 0 aliphatic carbocycles. The van der Waals surface area contributed by atoms with Gasteiger partial charge in [-0.05, 0) is 48.4 Å². The molecule has 3 heteroatoms. The van der Waals surface area contributed by atoms with Crippen molar-refractivity contribution in [1.82, 2.24) is 0 Å². The van der Waals surface area contributed by atoms with Crippen LogP contribution in [-0.2, 0) is 6.54 Å². The van der Waals surface area contributed by atoms with Gasteiger partial charge in [0.1, 0.15) is 0 Å². The summed E-state index contributed by atoms with van der Waals surface area (Å²) >= 11 is 6.16. The zero-order valence-corrected chi connectivity index (χ0v) is 10.8. The molecular weight excluding hydrogens is 244 g/mol. The van der Waals surface area contributed by atoms with Crippen LogP contribution in [-0.4, -0.2) is 0 Å². The second-order valence-electron chi connectivity index (χ2n) is 4.14. The van der Waals surface area contributed by atoms with E-state index in [1.54, 1.807) is 12.1 Å². The number of halogens is 1. The van der Waals surface area contributed by atoms with Gasteiger partial charge in [0.15, 0.2) is 0 Å². The van der Waals surface area contributed by atoms with Crippen molar-refractivity contribution >= 4 is 17.3 Å². The number of hydrogen-bond acceptors (Lipinski definition) is 2. The van der Waals surface area contributed by atoms with E-state index in [0.717, 1.165) is 21.8 Å². The second-order valence-corrected chi connectivity index (χ2v) is 4.54. The number of nitrogens with zero attached hydrogens (tertiary/aromatic N) is 1. The van der Waals surface area contributed by atoms with Crippen molar-refractivity contribution in [2.75, 3.05) is 5.32 Å². The number of aryl methyl sites for hydroxylation is 1. The van der Waals surface area contributed by atoms with E-state index < -0.39 is 0 Å². The van der Waals surface area contributed by atoms with Crippen LogP contribution in [0.4, 0.5) is 5.69 Å². The SMILES string of the molecule is Cc1ccc(CNc2ccc(C#N)cc2)c(Cl)c1. The van der Waals surface area contributed by atoms with Gasteiger partial charge in [-0.3, -0.25) is 0 Å². The van der Waals surface area contributed by atoms with Crippen LogP contribution in [0.15, 0.2) is 42.5 Å². The van der Waals surface area contributed by atoms with E-state index in [0.29, 0.717) is 12.1 Å². The number of hydrogen-bond donors (Lipinski definition) is 1. The van der Waals surface area contributed by atoms with E-state index in [2.05, 4.69) is 11.4 Å². The molecule has 2 aromatic carbocycles. The lowest BCUT2D eigenvalue weighted by Gasteiger charge is -2.08. The first kappa shape index (κ1) is 12.5. The lowest BCUT2D eigenvalue weighted by atomic mass is 10.1. The van der Waals surface area contributed by atoms with E-state index >= 15 is 0 Å². The van der Waals surface area contributed by atoms with Crippen LogP contribution < -0.4 is 5.32 Å². The molecule has 0 atom stereocenters. The summed E-state index contributed by atoms with van der Waals surface area (Å²) < 4.78 is 0. The first-order chi connectivity index (χ1) is 8.69. The van der Waals surface area contributed by atoms with E-state index in [1.165, 1.54) is 0 Å². The van der Waals surface area contributed by atoms with Gasteiger partial charge in [0.25, 0.3) is 0 Å². The highest BCUT2D eigenvalue weighted by molar-refractivity contribution is 6.31. The largest absolute Gasteiger partial charge is 0.381 e. The quantitative estimate of drug-likeness (QED) is 0.896. The van der Waals surface area contributed by atoms with Crippen LogP contribution in [0.5, 0.6) is 0 Å². The molecule has 0 radical (unpaired) electrons. The fourth-order valence-electron chi connectivity index (χ4n) is 1.66. The molecule has 0 aliphatic rings. The lowest BCUT2D eigenvalue weighted by molar-refractivity contribution is 1.14. The molecule has 2 nitrogen and oxygen atoms in total. The Hall–Kier alpha value is -1.98. The number of nitrogens with one attached hydrogen (secondary N) is 1. The molecule has 90 valence electrons. The molecule has 0 unspecified atom stereocenters. The summed E-state index contributed by atoms with van der Waals surface area (Å²) in [5.41, 5.74) is 3.85. The van der Waals surface area contributed by atoms with Gasteiger partial charge in [-0.2, -0.15) is 5.26 Å². The molecule has 0 spiro atoms. The Balaban J connectivity index is 2.04. The highest BCUT2D eigenvalue weighted by atomic mass is 35.5. The monoisotopic (exact) mass is 256 g/mol. The minimum absolute atomic E-state index is 0.661. The summed E-state index contributed by atoms with van der Waals surface area (Å²) in [5.74, 6) is 0. The molecule has 0 saturated heterocycles. The van der Waals surface area contributed by atoms with Crippen molar-refractivity contribution in [3.05, 3.63) is 64.2 Å². The fraction of sp³-hybridized carbons (Fsp3) is 0.133. The van der Waals surface area contributed by atoms with Crippen molar-refractivity contribution in [1.29, 1.82) is 5.26 Å². The predicted octanol–water partition coefficient (Wildman–Crippen LogP) is 4.13. The molecule has 2 aromatic rings. The average Bonchev–Trinajstić information content (AvgIpc) is 2.38. The summed E-state index contributed by atoms with van der Waals surface area (Å²) in [6, 6.07) is 15.5. The molecule has 1 N–H and O–H groups in total. The van der Waals surface area contributed by atoms with Gasteiger partial charge in [-0.15, -0.1) is 0 Å². The Morgan fingerprint density at radius 2 is 1.89 bits per heavy atom. The minimum Gasteiger partial charge on any atom is -0.381 e. The third-order valence-corrected chi connectivity index (χ3v) is 3.06. The maximum Gasteiger partial charge on any atom is 0.0991 e. The summed E-state index contributed by atoms with van der Waals surface area (Å²) in [7, 11) is 0. The molecule has 18 heavy (non-hydrogen) atoms. The zero-order chi connectivity index (χ0) is 13.0. The molecule has 0 fully saturated rings. The molecule has 0 saturated carbocycles. The van der Waals surface area contributed by atoms with Gasteiger partial charge < -0.3 is 5.32 Å². The number of anilines is 1. The summed E-state index contributed by atoms with van der Waals surface area (Å²) in [6.07, 6.45) is 0. The highest BCUT2D eigenvalue weighted by Crippen LogP contribution is 2.19. The number of rotatable bonds is 3. The lowest BCUT2D eigenvalue weighted by Crippen LogP contribution is -2.00. The van der Waals surface area contributed by atoms with Gasteiger partial charge in [0, 0.05) is 17.3 Å². The molecule has 0 heterocycles. The van der Waals surface area contributed by atoms with Crippen molar-refractivity contribution in [3.8, 4) is 6.07 Å². The van der Waals surface area contributed by atoms with E-state index in [9.17, 15) is 0 Å². The Morgan fingerprint density at radius 1 is 1.17 bits per heavy atom. The van der Waals surface area contributed by atoms with Crippen LogP contribution in [0.2, 0.25) is 5.02 Å². The third kappa shape index (κ3) is 3.03. The minimum atomic E-state index is 0.661. The van der Waals surface area contributed by atoms with Gasteiger partial charge in [-0.1, -0.05) is 23.7 Å². The fourth-order valence-corrected chi connectivity index (χ4v) is 1.96. The Bertz CT molecular complexity index is 582. The molecule has 2 rings (SSSR count). The van der Waals surface area contributed by atoms with Crippen LogP contribution in [0.3, 0.4) is 0 Å². The van der Waals surface area contributed by atoms with Gasteiger partial charge in [0.2, 0.25) is 0 Å². The first-order valence-corrected chi connectivity index (χ1v) is 6.06. The van der Waals surface area contributed by atoms with Crippen LogP contribution in [0.25, 0.3) is 0 Å². The van der Waals surface area contributed by atoms with Crippen molar-refractivity contribution < 1.29 is 0 Å². The van der Waals surface area contributed by atoms with Crippen LogP contribution in [0.1, 0.15) is 16.7 Å². The smallest absolute Gasteiger partial charge is 0.0991 e. The maximum atomic E-state index is 8.71. The van der Waals surface area contributed by atoms with Crippen molar-refractivity contribution in [3.63, 3.8) is 0 Å². The maximum absolute atomic E-state index is 8.71. The van der Waals surface area contributed by atoms with Crippen LogP contribution in [0, 0.1) is 18.3 Å². The van der Waals surface area contributed by atoms with E-state index in [-0.39, 0.29) is 0 Å².